The van der Waals surface area contributed by atoms with Crippen LogP contribution in [0.3, 0.4) is 0 Å². The summed E-state index contributed by atoms with van der Waals surface area (Å²) in [7, 11) is 0. The predicted octanol–water partition coefficient (Wildman–Crippen LogP) is 2.73. The largest absolute Gasteiger partial charge is 0.289 e. The number of aliphatic imine (C=N–C) groups is 1. The molecule has 0 atom stereocenters. The summed E-state index contributed by atoms with van der Waals surface area (Å²) in [6.07, 6.45) is 4.07. The molecule has 0 bridgehead atoms. The van der Waals surface area contributed by atoms with Crippen LogP contribution in [0.25, 0.3) is 5.69 Å². The molecule has 0 saturated carbocycles. The minimum atomic E-state index is -0.00319. The highest BCUT2D eigenvalue weighted by atomic mass is 16.1. The standard InChI is InChI=1S/C16H16N2O/c1-12-4-9-16(19)18(11-12)14-7-5-13(6-8-14)15-3-2-10-17-15/h4-9,11H,2-3,10H2,1H3. The maximum Gasteiger partial charge on any atom is 0.255 e. The van der Waals surface area contributed by atoms with Crippen molar-refractivity contribution in [2.45, 2.75) is 19.8 Å². The number of nitrogens with zero attached hydrogens (tertiary/aromatic N) is 2. The Bertz CT molecular complexity index is 681. The van der Waals surface area contributed by atoms with Gasteiger partial charge in [0.25, 0.3) is 5.56 Å². The molecule has 2 heterocycles. The highest BCUT2D eigenvalue weighted by Gasteiger charge is 2.09. The molecule has 3 rings (SSSR count). The third kappa shape index (κ3) is 2.36. The first kappa shape index (κ1) is 11.9. The van der Waals surface area contributed by atoms with Crippen molar-refractivity contribution in [2.24, 2.45) is 4.99 Å². The van der Waals surface area contributed by atoms with Crippen molar-refractivity contribution in [3.05, 3.63) is 64.1 Å². The summed E-state index contributed by atoms with van der Waals surface area (Å²) in [5.74, 6) is 0. The lowest BCUT2D eigenvalue weighted by atomic mass is 10.1. The van der Waals surface area contributed by atoms with Crippen LogP contribution in [0.15, 0.2) is 52.4 Å². The van der Waals surface area contributed by atoms with E-state index in [1.165, 1.54) is 11.3 Å². The molecule has 0 aliphatic carbocycles. The molecule has 0 amide bonds. The van der Waals surface area contributed by atoms with Gasteiger partial charge in [0.1, 0.15) is 0 Å². The molecule has 0 fully saturated rings. The zero-order chi connectivity index (χ0) is 13.2. The van der Waals surface area contributed by atoms with Gasteiger partial charge in [0, 0.05) is 30.2 Å². The SMILES string of the molecule is Cc1ccc(=O)n(-c2ccc(C3=NCCC3)cc2)c1. The van der Waals surface area contributed by atoms with Crippen molar-refractivity contribution in [1.82, 2.24) is 4.57 Å². The zero-order valence-corrected chi connectivity index (χ0v) is 11.0. The first-order valence-corrected chi connectivity index (χ1v) is 6.57. The third-order valence-corrected chi connectivity index (χ3v) is 3.41. The highest BCUT2D eigenvalue weighted by molar-refractivity contribution is 6.01. The van der Waals surface area contributed by atoms with Crippen LogP contribution in [0.5, 0.6) is 0 Å². The summed E-state index contributed by atoms with van der Waals surface area (Å²) < 4.78 is 1.68. The van der Waals surface area contributed by atoms with Gasteiger partial charge in [-0.15, -0.1) is 0 Å². The lowest BCUT2D eigenvalue weighted by Gasteiger charge is -2.07. The Labute approximate surface area is 112 Å². The van der Waals surface area contributed by atoms with Gasteiger partial charge >= 0.3 is 0 Å². The Balaban J connectivity index is 1.98. The topological polar surface area (TPSA) is 34.4 Å². The summed E-state index contributed by atoms with van der Waals surface area (Å²) in [6, 6.07) is 11.5. The highest BCUT2D eigenvalue weighted by Crippen LogP contribution is 2.15. The number of hydrogen-bond acceptors (Lipinski definition) is 2. The Morgan fingerprint density at radius 2 is 1.89 bits per heavy atom. The van der Waals surface area contributed by atoms with Crippen LogP contribution in [0, 0.1) is 6.92 Å². The van der Waals surface area contributed by atoms with Crippen molar-refractivity contribution >= 4 is 5.71 Å². The molecule has 0 N–H and O–H groups in total. The molecule has 96 valence electrons. The Kier molecular flexibility index (Phi) is 3.03. The lowest BCUT2D eigenvalue weighted by Crippen LogP contribution is -2.16. The van der Waals surface area contributed by atoms with Gasteiger partial charge in [-0.05, 0) is 43.0 Å². The molecule has 0 radical (unpaired) electrons. The van der Waals surface area contributed by atoms with E-state index in [2.05, 4.69) is 4.99 Å². The maximum atomic E-state index is 11.9. The molecular formula is C16H16N2O. The normalized spacial score (nSPS) is 14.5. The van der Waals surface area contributed by atoms with E-state index in [1.54, 1.807) is 10.6 Å². The van der Waals surface area contributed by atoms with Crippen LogP contribution in [0.1, 0.15) is 24.0 Å². The number of rotatable bonds is 2. The Morgan fingerprint density at radius 1 is 1.11 bits per heavy atom. The van der Waals surface area contributed by atoms with Crippen molar-refractivity contribution in [1.29, 1.82) is 0 Å². The van der Waals surface area contributed by atoms with Crippen molar-refractivity contribution in [2.75, 3.05) is 6.54 Å². The Morgan fingerprint density at radius 3 is 2.58 bits per heavy atom. The van der Waals surface area contributed by atoms with E-state index in [0.717, 1.165) is 30.6 Å². The molecule has 0 saturated heterocycles. The molecule has 3 nitrogen and oxygen atoms in total. The predicted molar refractivity (Wildman–Crippen MR) is 77.4 cm³/mol. The van der Waals surface area contributed by atoms with E-state index in [-0.39, 0.29) is 5.56 Å². The van der Waals surface area contributed by atoms with Gasteiger partial charge in [0.05, 0.1) is 0 Å². The average molecular weight is 252 g/mol. The van der Waals surface area contributed by atoms with Crippen molar-refractivity contribution in [3.63, 3.8) is 0 Å². The van der Waals surface area contributed by atoms with Crippen LogP contribution in [-0.4, -0.2) is 16.8 Å². The second kappa shape index (κ2) is 4.84. The molecule has 1 aromatic heterocycles. The monoisotopic (exact) mass is 252 g/mol. The van der Waals surface area contributed by atoms with Crippen LogP contribution >= 0.6 is 0 Å². The molecule has 0 spiro atoms. The van der Waals surface area contributed by atoms with Crippen molar-refractivity contribution < 1.29 is 0 Å². The molecule has 0 unspecified atom stereocenters. The molecule has 2 aromatic rings. The number of pyridine rings is 1. The zero-order valence-electron chi connectivity index (χ0n) is 11.0. The smallest absolute Gasteiger partial charge is 0.255 e. The fourth-order valence-corrected chi connectivity index (χ4v) is 2.38. The molecule has 3 heteroatoms. The minimum Gasteiger partial charge on any atom is -0.289 e. The summed E-state index contributed by atoms with van der Waals surface area (Å²) in [6.45, 7) is 2.92. The second-order valence-corrected chi connectivity index (χ2v) is 4.89. The van der Waals surface area contributed by atoms with E-state index >= 15 is 0 Å². The van der Waals surface area contributed by atoms with Gasteiger partial charge in [-0.2, -0.15) is 0 Å². The lowest BCUT2D eigenvalue weighted by molar-refractivity contribution is 0.951. The minimum absolute atomic E-state index is 0.00319. The number of aromatic nitrogens is 1. The summed E-state index contributed by atoms with van der Waals surface area (Å²) >= 11 is 0. The van der Waals surface area contributed by atoms with Gasteiger partial charge in [-0.25, -0.2) is 0 Å². The van der Waals surface area contributed by atoms with Crippen LogP contribution in [0.4, 0.5) is 0 Å². The summed E-state index contributed by atoms with van der Waals surface area (Å²) in [4.78, 5) is 16.3. The van der Waals surface area contributed by atoms with E-state index < -0.39 is 0 Å². The van der Waals surface area contributed by atoms with E-state index in [0.29, 0.717) is 0 Å². The van der Waals surface area contributed by atoms with Gasteiger partial charge in [0.2, 0.25) is 0 Å². The fraction of sp³-hybridized carbons (Fsp3) is 0.250. The van der Waals surface area contributed by atoms with E-state index in [4.69, 9.17) is 0 Å². The van der Waals surface area contributed by atoms with Crippen LogP contribution in [0.2, 0.25) is 0 Å². The van der Waals surface area contributed by atoms with E-state index in [1.807, 2.05) is 43.5 Å². The third-order valence-electron chi connectivity index (χ3n) is 3.41. The number of benzene rings is 1. The molecule has 19 heavy (non-hydrogen) atoms. The van der Waals surface area contributed by atoms with E-state index in [9.17, 15) is 4.79 Å². The van der Waals surface area contributed by atoms with Crippen molar-refractivity contribution in [3.8, 4) is 5.69 Å². The van der Waals surface area contributed by atoms with Gasteiger partial charge in [-0.3, -0.25) is 14.4 Å². The first-order valence-electron chi connectivity index (χ1n) is 6.57. The fourth-order valence-electron chi connectivity index (χ4n) is 2.38. The quantitative estimate of drug-likeness (QED) is 0.809. The average Bonchev–Trinajstić information content (AvgIpc) is 2.96. The summed E-state index contributed by atoms with van der Waals surface area (Å²) in [5, 5.41) is 0. The van der Waals surface area contributed by atoms with Gasteiger partial charge in [-0.1, -0.05) is 18.2 Å². The summed E-state index contributed by atoms with van der Waals surface area (Å²) in [5.41, 5.74) is 4.32. The van der Waals surface area contributed by atoms with Gasteiger partial charge < -0.3 is 0 Å². The van der Waals surface area contributed by atoms with Gasteiger partial charge in [0.15, 0.2) is 0 Å². The number of hydrogen-bond donors (Lipinski definition) is 0. The molecule has 1 aliphatic rings. The van der Waals surface area contributed by atoms with Crippen LogP contribution in [-0.2, 0) is 0 Å². The maximum absolute atomic E-state index is 11.9. The van der Waals surface area contributed by atoms with Crippen LogP contribution < -0.4 is 5.56 Å². The number of aryl methyl sites for hydroxylation is 1. The first-order chi connectivity index (χ1) is 9.24. The Hall–Kier alpha value is -2.16. The molecule has 1 aliphatic heterocycles. The molecule has 1 aromatic carbocycles. The second-order valence-electron chi connectivity index (χ2n) is 4.89. The molecular weight excluding hydrogens is 236 g/mol.